The number of carboxylic acid groups (broad SMARTS) is 1. The van der Waals surface area contributed by atoms with E-state index in [0.717, 1.165) is 12.8 Å². The maximum absolute atomic E-state index is 12.2. The molecule has 6 nitrogen and oxygen atoms in total. The van der Waals surface area contributed by atoms with Crippen molar-refractivity contribution in [1.29, 1.82) is 0 Å². The lowest BCUT2D eigenvalue weighted by Gasteiger charge is -2.37. The van der Waals surface area contributed by atoms with Crippen molar-refractivity contribution in [3.05, 3.63) is 18.2 Å². The number of aliphatic carboxylic acids is 1. The first-order valence-electron chi connectivity index (χ1n) is 6.47. The quantitative estimate of drug-likeness (QED) is 0.859. The average molecular weight is 265 g/mol. The number of rotatable bonds is 3. The number of hydrogen-bond acceptors (Lipinski definition) is 3. The zero-order valence-corrected chi connectivity index (χ0v) is 11.2. The van der Waals surface area contributed by atoms with Gasteiger partial charge in [-0.15, -0.1) is 0 Å². The summed E-state index contributed by atoms with van der Waals surface area (Å²) in [5.41, 5.74) is -0.766. The van der Waals surface area contributed by atoms with E-state index in [9.17, 15) is 14.7 Å². The van der Waals surface area contributed by atoms with Gasteiger partial charge in [0.05, 0.1) is 12.5 Å². The van der Waals surface area contributed by atoms with Crippen LogP contribution in [0.25, 0.3) is 0 Å². The van der Waals surface area contributed by atoms with Crippen LogP contribution < -0.4 is 5.32 Å². The van der Waals surface area contributed by atoms with E-state index in [1.165, 1.54) is 12.5 Å². The molecule has 1 aliphatic carbocycles. The predicted molar refractivity (Wildman–Crippen MR) is 68.7 cm³/mol. The van der Waals surface area contributed by atoms with Crippen LogP contribution in [0.5, 0.6) is 0 Å². The molecule has 2 rings (SSSR count). The summed E-state index contributed by atoms with van der Waals surface area (Å²) in [4.78, 5) is 27.6. The van der Waals surface area contributed by atoms with Gasteiger partial charge in [0.15, 0.2) is 0 Å². The van der Waals surface area contributed by atoms with Crippen LogP contribution in [-0.4, -0.2) is 32.1 Å². The maximum atomic E-state index is 12.2. The first-order chi connectivity index (χ1) is 8.94. The molecule has 104 valence electrons. The van der Waals surface area contributed by atoms with Crippen LogP contribution in [0.2, 0.25) is 0 Å². The van der Waals surface area contributed by atoms with Gasteiger partial charge in [0, 0.05) is 7.05 Å². The summed E-state index contributed by atoms with van der Waals surface area (Å²) >= 11 is 0. The highest BCUT2D eigenvalue weighted by Crippen LogP contribution is 2.32. The molecule has 0 aromatic carbocycles. The van der Waals surface area contributed by atoms with Gasteiger partial charge in [0.2, 0.25) is 0 Å². The number of hydrogen-bond donors (Lipinski definition) is 2. The van der Waals surface area contributed by atoms with Gasteiger partial charge >= 0.3 is 5.97 Å². The van der Waals surface area contributed by atoms with Crippen molar-refractivity contribution in [3.8, 4) is 0 Å². The Morgan fingerprint density at radius 2 is 2.32 bits per heavy atom. The molecular formula is C13H19N3O3. The molecule has 0 radical (unpaired) electrons. The summed E-state index contributed by atoms with van der Waals surface area (Å²) in [5, 5.41) is 12.2. The first kappa shape index (κ1) is 13.6. The van der Waals surface area contributed by atoms with Crippen LogP contribution >= 0.6 is 0 Å². The lowest BCUT2D eigenvalue weighted by atomic mass is 9.76. The fourth-order valence-electron chi connectivity index (χ4n) is 2.77. The lowest BCUT2D eigenvalue weighted by molar-refractivity contribution is -0.146. The molecule has 1 fully saturated rings. The Bertz CT molecular complexity index is 497. The van der Waals surface area contributed by atoms with Gasteiger partial charge in [-0.3, -0.25) is 4.79 Å². The third-order valence-electron chi connectivity index (χ3n) is 3.81. The van der Waals surface area contributed by atoms with Crippen molar-refractivity contribution in [1.82, 2.24) is 14.9 Å². The Labute approximate surface area is 111 Å². The van der Waals surface area contributed by atoms with Crippen LogP contribution in [0.4, 0.5) is 0 Å². The molecule has 19 heavy (non-hydrogen) atoms. The largest absolute Gasteiger partial charge is 0.480 e. The Morgan fingerprint density at radius 3 is 2.84 bits per heavy atom. The molecule has 6 heteroatoms. The average Bonchev–Trinajstić information content (AvgIpc) is 2.75. The van der Waals surface area contributed by atoms with Crippen molar-refractivity contribution in [3.63, 3.8) is 0 Å². The SMILES string of the molecule is CC1CCCC(NC(=O)c2cncn2C)(C(=O)O)C1. The molecule has 2 atom stereocenters. The molecule has 1 aromatic heterocycles. The number of carboxylic acids is 1. The smallest absolute Gasteiger partial charge is 0.329 e. The molecule has 2 N–H and O–H groups in total. The number of carbonyl (C=O) groups excluding carboxylic acids is 1. The molecule has 1 aromatic rings. The second-order valence-electron chi connectivity index (χ2n) is 5.43. The highest BCUT2D eigenvalue weighted by Gasteiger charge is 2.43. The second-order valence-corrected chi connectivity index (χ2v) is 5.43. The third-order valence-corrected chi connectivity index (χ3v) is 3.81. The van der Waals surface area contributed by atoms with Gasteiger partial charge in [-0.25, -0.2) is 9.78 Å². The summed E-state index contributed by atoms with van der Waals surface area (Å²) in [5.74, 6) is -1.03. The van der Waals surface area contributed by atoms with Crippen LogP contribution in [0, 0.1) is 5.92 Å². The summed E-state index contributed by atoms with van der Waals surface area (Å²) in [7, 11) is 1.71. The highest BCUT2D eigenvalue weighted by atomic mass is 16.4. The van der Waals surface area contributed by atoms with E-state index in [2.05, 4.69) is 10.3 Å². The van der Waals surface area contributed by atoms with Gasteiger partial charge in [-0.2, -0.15) is 0 Å². The molecule has 2 unspecified atom stereocenters. The molecule has 1 heterocycles. The summed E-state index contributed by atoms with van der Waals surface area (Å²) in [6, 6.07) is 0. The maximum Gasteiger partial charge on any atom is 0.329 e. The number of nitrogens with one attached hydrogen (secondary N) is 1. The molecule has 0 spiro atoms. The fraction of sp³-hybridized carbons (Fsp3) is 0.615. The van der Waals surface area contributed by atoms with Gasteiger partial charge in [-0.1, -0.05) is 19.8 Å². The zero-order chi connectivity index (χ0) is 14.0. The lowest BCUT2D eigenvalue weighted by Crippen LogP contribution is -2.57. The standard InChI is InChI=1S/C13H19N3O3/c1-9-4-3-5-13(6-9,12(18)19)15-11(17)10-7-14-8-16(10)2/h7-9H,3-6H2,1-2H3,(H,15,17)(H,18,19). The number of carbonyl (C=O) groups is 2. The van der Waals surface area contributed by atoms with Gasteiger partial charge in [-0.05, 0) is 18.8 Å². The Kier molecular flexibility index (Phi) is 3.59. The third kappa shape index (κ3) is 2.62. The molecule has 1 amide bonds. The van der Waals surface area contributed by atoms with Crippen LogP contribution in [-0.2, 0) is 11.8 Å². The normalized spacial score (nSPS) is 26.9. The van der Waals surface area contributed by atoms with E-state index in [-0.39, 0.29) is 5.91 Å². The van der Waals surface area contributed by atoms with E-state index in [1.807, 2.05) is 6.92 Å². The van der Waals surface area contributed by atoms with Crippen molar-refractivity contribution in [2.24, 2.45) is 13.0 Å². The molecular weight excluding hydrogens is 246 g/mol. The van der Waals surface area contributed by atoms with Gasteiger partial charge in [0.25, 0.3) is 5.91 Å². The number of imidazole rings is 1. The molecule has 0 saturated heterocycles. The van der Waals surface area contributed by atoms with Crippen LogP contribution in [0.1, 0.15) is 43.1 Å². The minimum atomic E-state index is -1.14. The molecule has 0 bridgehead atoms. The Hall–Kier alpha value is -1.85. The molecule has 0 aliphatic heterocycles. The predicted octanol–water partition coefficient (Wildman–Crippen LogP) is 1.18. The topological polar surface area (TPSA) is 84.2 Å². The monoisotopic (exact) mass is 265 g/mol. The van der Waals surface area contributed by atoms with E-state index in [4.69, 9.17) is 0 Å². The van der Waals surface area contributed by atoms with Gasteiger partial charge < -0.3 is 15.0 Å². The molecule has 1 aliphatic rings. The minimum absolute atomic E-state index is 0.302. The van der Waals surface area contributed by atoms with Crippen molar-refractivity contribution < 1.29 is 14.7 Å². The number of nitrogens with zero attached hydrogens (tertiary/aromatic N) is 2. The number of aromatic nitrogens is 2. The van der Waals surface area contributed by atoms with Crippen LogP contribution in [0.15, 0.2) is 12.5 Å². The van der Waals surface area contributed by atoms with Crippen molar-refractivity contribution >= 4 is 11.9 Å². The molecule has 1 saturated carbocycles. The second kappa shape index (κ2) is 5.03. The Morgan fingerprint density at radius 1 is 1.58 bits per heavy atom. The summed E-state index contributed by atoms with van der Waals surface area (Å²) < 4.78 is 1.58. The summed E-state index contributed by atoms with van der Waals surface area (Å²) in [6.07, 6.45) is 5.75. The van der Waals surface area contributed by atoms with Crippen molar-refractivity contribution in [2.75, 3.05) is 0 Å². The van der Waals surface area contributed by atoms with Gasteiger partial charge in [0.1, 0.15) is 11.2 Å². The van der Waals surface area contributed by atoms with E-state index < -0.39 is 11.5 Å². The fourth-order valence-corrected chi connectivity index (χ4v) is 2.77. The van der Waals surface area contributed by atoms with E-state index >= 15 is 0 Å². The summed E-state index contributed by atoms with van der Waals surface area (Å²) in [6.45, 7) is 2.02. The van der Waals surface area contributed by atoms with E-state index in [1.54, 1.807) is 11.6 Å². The van der Waals surface area contributed by atoms with E-state index in [0.29, 0.717) is 24.5 Å². The number of aryl methyl sites for hydroxylation is 1. The van der Waals surface area contributed by atoms with Crippen LogP contribution in [0.3, 0.4) is 0 Å². The zero-order valence-electron chi connectivity index (χ0n) is 11.2. The number of amides is 1. The minimum Gasteiger partial charge on any atom is -0.480 e. The van der Waals surface area contributed by atoms with Crippen molar-refractivity contribution in [2.45, 2.75) is 38.1 Å². The first-order valence-corrected chi connectivity index (χ1v) is 6.47. The highest BCUT2D eigenvalue weighted by molar-refractivity contribution is 5.96. The Balaban J connectivity index is 2.20.